The summed E-state index contributed by atoms with van der Waals surface area (Å²) in [5.74, 6) is -0.348. The maximum atomic E-state index is 13.9. The number of aromatic nitrogens is 1. The first-order valence-electron chi connectivity index (χ1n) is 6.86. The Hall–Kier alpha value is -1.88. The molecule has 5 heteroatoms. The zero-order valence-electron chi connectivity index (χ0n) is 11.6. The zero-order valence-corrected chi connectivity index (χ0v) is 11.6. The Bertz CT molecular complexity index is 671. The van der Waals surface area contributed by atoms with E-state index in [1.54, 1.807) is 26.0 Å². The molecule has 0 unspecified atom stereocenters. The third-order valence-electron chi connectivity index (χ3n) is 3.91. The third-order valence-corrected chi connectivity index (χ3v) is 3.91. The molecule has 0 spiro atoms. The molecule has 0 bridgehead atoms. The van der Waals surface area contributed by atoms with Gasteiger partial charge in [0.1, 0.15) is 11.5 Å². The quantitative estimate of drug-likeness (QED) is 0.785. The molecule has 1 aromatic carbocycles. The van der Waals surface area contributed by atoms with E-state index in [1.165, 1.54) is 0 Å². The first kappa shape index (κ1) is 13.1. The van der Waals surface area contributed by atoms with Gasteiger partial charge in [0.25, 0.3) is 5.91 Å². The molecule has 1 aliphatic heterocycles. The number of H-pyrrole nitrogens is 1. The summed E-state index contributed by atoms with van der Waals surface area (Å²) in [7, 11) is 0. The minimum Gasteiger partial charge on any atom is -0.350 e. The number of aryl methyl sites for hydroxylation is 2. The largest absolute Gasteiger partial charge is 0.350 e. The van der Waals surface area contributed by atoms with E-state index in [0.717, 1.165) is 24.9 Å². The minimum atomic E-state index is -0.216. The molecule has 1 aromatic heterocycles. The third kappa shape index (κ3) is 2.18. The molecule has 3 rings (SSSR count). The Kier molecular flexibility index (Phi) is 3.22. The van der Waals surface area contributed by atoms with Crippen LogP contribution < -0.4 is 10.6 Å². The standard InChI is InChI=1S/C15H18FN3O/c1-8-5-10-6-12(19-14(10)9(2)13(8)16)15(20)18-11-3-4-17-7-11/h5-6,11,17,19H,3-4,7H2,1-2H3,(H,18,20)/t11-/m0/s1. The number of aromatic amines is 1. The Morgan fingerprint density at radius 1 is 1.40 bits per heavy atom. The number of hydrogen-bond acceptors (Lipinski definition) is 2. The average Bonchev–Trinajstić information content (AvgIpc) is 3.05. The summed E-state index contributed by atoms with van der Waals surface area (Å²) in [6, 6.07) is 3.72. The van der Waals surface area contributed by atoms with Crippen LogP contribution in [0.1, 0.15) is 28.0 Å². The molecule has 1 atom stereocenters. The molecule has 20 heavy (non-hydrogen) atoms. The SMILES string of the molecule is Cc1cc2cc(C(=O)N[C@H]3CCNC3)[nH]c2c(C)c1F. The first-order chi connectivity index (χ1) is 9.56. The lowest BCUT2D eigenvalue weighted by Gasteiger charge is -2.09. The van der Waals surface area contributed by atoms with Crippen LogP contribution in [0, 0.1) is 19.7 Å². The van der Waals surface area contributed by atoms with Crippen LogP contribution in [0.5, 0.6) is 0 Å². The van der Waals surface area contributed by atoms with Crippen molar-refractivity contribution in [2.75, 3.05) is 13.1 Å². The maximum absolute atomic E-state index is 13.9. The normalized spacial score (nSPS) is 18.6. The molecule has 0 saturated carbocycles. The highest BCUT2D eigenvalue weighted by atomic mass is 19.1. The first-order valence-corrected chi connectivity index (χ1v) is 6.86. The maximum Gasteiger partial charge on any atom is 0.267 e. The van der Waals surface area contributed by atoms with Crippen molar-refractivity contribution in [1.82, 2.24) is 15.6 Å². The molecule has 2 heterocycles. The average molecular weight is 275 g/mol. The summed E-state index contributed by atoms with van der Waals surface area (Å²) < 4.78 is 13.9. The fourth-order valence-corrected chi connectivity index (χ4v) is 2.76. The number of carbonyl (C=O) groups is 1. The van der Waals surface area contributed by atoms with E-state index < -0.39 is 0 Å². The molecule has 0 radical (unpaired) electrons. The Morgan fingerprint density at radius 2 is 2.20 bits per heavy atom. The van der Waals surface area contributed by atoms with E-state index in [0.29, 0.717) is 22.3 Å². The Labute approximate surface area is 116 Å². The number of rotatable bonds is 2. The highest BCUT2D eigenvalue weighted by Gasteiger charge is 2.19. The minimum absolute atomic E-state index is 0.132. The second-order valence-corrected chi connectivity index (χ2v) is 5.44. The Balaban J connectivity index is 1.92. The van der Waals surface area contributed by atoms with Crippen LogP contribution in [0.15, 0.2) is 12.1 Å². The molecule has 1 amide bonds. The van der Waals surface area contributed by atoms with Crippen LogP contribution in [-0.2, 0) is 0 Å². The summed E-state index contributed by atoms with van der Waals surface area (Å²) >= 11 is 0. The van der Waals surface area contributed by atoms with Crippen molar-refractivity contribution in [3.05, 3.63) is 34.8 Å². The second kappa shape index (κ2) is 4.90. The highest BCUT2D eigenvalue weighted by molar-refractivity contribution is 5.99. The van der Waals surface area contributed by atoms with Crippen LogP contribution in [0.3, 0.4) is 0 Å². The molecule has 3 N–H and O–H groups in total. The molecule has 0 aliphatic carbocycles. The van der Waals surface area contributed by atoms with Gasteiger partial charge < -0.3 is 15.6 Å². The number of amides is 1. The monoisotopic (exact) mass is 275 g/mol. The van der Waals surface area contributed by atoms with Crippen LogP contribution in [0.2, 0.25) is 0 Å². The molecule has 106 valence electrons. The van der Waals surface area contributed by atoms with E-state index in [1.807, 2.05) is 0 Å². The van der Waals surface area contributed by atoms with Gasteiger partial charge in [-0.25, -0.2) is 4.39 Å². The van der Waals surface area contributed by atoms with Gasteiger partial charge in [-0.05, 0) is 44.5 Å². The summed E-state index contributed by atoms with van der Waals surface area (Å²) in [4.78, 5) is 15.2. The summed E-state index contributed by atoms with van der Waals surface area (Å²) in [5.41, 5.74) is 2.34. The van der Waals surface area contributed by atoms with Gasteiger partial charge in [0.05, 0.1) is 5.52 Å². The highest BCUT2D eigenvalue weighted by Crippen LogP contribution is 2.24. The van der Waals surface area contributed by atoms with Crippen molar-refractivity contribution in [3.63, 3.8) is 0 Å². The fraction of sp³-hybridized carbons (Fsp3) is 0.400. The molecule has 1 saturated heterocycles. The van der Waals surface area contributed by atoms with Gasteiger partial charge in [-0.2, -0.15) is 0 Å². The van der Waals surface area contributed by atoms with Gasteiger partial charge >= 0.3 is 0 Å². The van der Waals surface area contributed by atoms with Gasteiger partial charge in [-0.15, -0.1) is 0 Å². The summed E-state index contributed by atoms with van der Waals surface area (Å²) in [6.45, 7) is 5.20. The number of fused-ring (bicyclic) bond motifs is 1. The number of hydrogen-bond donors (Lipinski definition) is 3. The molecular formula is C15H18FN3O. The van der Waals surface area contributed by atoms with Gasteiger partial charge in [-0.1, -0.05) is 0 Å². The van der Waals surface area contributed by atoms with Crippen LogP contribution in [-0.4, -0.2) is 30.0 Å². The van der Waals surface area contributed by atoms with Crippen molar-refractivity contribution in [1.29, 1.82) is 0 Å². The van der Waals surface area contributed by atoms with E-state index >= 15 is 0 Å². The Morgan fingerprint density at radius 3 is 2.90 bits per heavy atom. The van der Waals surface area contributed by atoms with Crippen molar-refractivity contribution < 1.29 is 9.18 Å². The number of carbonyl (C=O) groups excluding carboxylic acids is 1. The zero-order chi connectivity index (χ0) is 14.3. The molecule has 4 nitrogen and oxygen atoms in total. The summed E-state index contributed by atoms with van der Waals surface area (Å²) in [5, 5.41) is 7.06. The lowest BCUT2D eigenvalue weighted by Crippen LogP contribution is -2.36. The van der Waals surface area contributed by atoms with Gasteiger partial charge in [0, 0.05) is 23.5 Å². The topological polar surface area (TPSA) is 56.9 Å². The lowest BCUT2D eigenvalue weighted by molar-refractivity contribution is 0.0936. The lowest BCUT2D eigenvalue weighted by atomic mass is 10.1. The second-order valence-electron chi connectivity index (χ2n) is 5.44. The van der Waals surface area contributed by atoms with E-state index in [2.05, 4.69) is 15.6 Å². The van der Waals surface area contributed by atoms with Crippen molar-refractivity contribution in [3.8, 4) is 0 Å². The van der Waals surface area contributed by atoms with Crippen molar-refractivity contribution in [2.24, 2.45) is 0 Å². The smallest absolute Gasteiger partial charge is 0.267 e. The predicted octanol–water partition coefficient (Wildman–Crippen LogP) is 2.02. The molecule has 1 aliphatic rings. The fourth-order valence-electron chi connectivity index (χ4n) is 2.76. The summed E-state index contributed by atoms with van der Waals surface area (Å²) in [6.07, 6.45) is 0.943. The van der Waals surface area contributed by atoms with Gasteiger partial charge in [0.15, 0.2) is 0 Å². The van der Waals surface area contributed by atoms with Crippen molar-refractivity contribution >= 4 is 16.8 Å². The van der Waals surface area contributed by atoms with Gasteiger partial charge in [0.2, 0.25) is 0 Å². The number of benzene rings is 1. The van der Waals surface area contributed by atoms with Crippen LogP contribution in [0.4, 0.5) is 4.39 Å². The van der Waals surface area contributed by atoms with Crippen LogP contribution in [0.25, 0.3) is 10.9 Å². The van der Waals surface area contributed by atoms with E-state index in [-0.39, 0.29) is 17.8 Å². The number of nitrogens with one attached hydrogen (secondary N) is 3. The van der Waals surface area contributed by atoms with E-state index in [4.69, 9.17) is 0 Å². The molecular weight excluding hydrogens is 257 g/mol. The van der Waals surface area contributed by atoms with Gasteiger partial charge in [-0.3, -0.25) is 4.79 Å². The predicted molar refractivity (Wildman–Crippen MR) is 76.5 cm³/mol. The molecule has 2 aromatic rings. The van der Waals surface area contributed by atoms with Crippen LogP contribution >= 0.6 is 0 Å². The van der Waals surface area contributed by atoms with Crippen molar-refractivity contribution in [2.45, 2.75) is 26.3 Å². The number of halogens is 1. The molecule has 1 fully saturated rings. The van der Waals surface area contributed by atoms with E-state index in [9.17, 15) is 9.18 Å².